The number of carbonyl (C=O) groups is 1. The highest BCUT2D eigenvalue weighted by Gasteiger charge is 2.05. The van der Waals surface area contributed by atoms with E-state index in [0.29, 0.717) is 13.0 Å². The molecule has 0 unspecified atom stereocenters. The van der Waals surface area contributed by atoms with E-state index in [9.17, 15) is 4.79 Å². The van der Waals surface area contributed by atoms with E-state index < -0.39 is 0 Å². The molecule has 0 aliphatic rings. The predicted octanol–water partition coefficient (Wildman–Crippen LogP) is 3.32. The van der Waals surface area contributed by atoms with Gasteiger partial charge in [-0.25, -0.2) is 0 Å². The molecule has 0 fully saturated rings. The van der Waals surface area contributed by atoms with Crippen LogP contribution >= 0.6 is 0 Å². The van der Waals surface area contributed by atoms with Crippen LogP contribution in [0.3, 0.4) is 0 Å². The molecule has 21 heavy (non-hydrogen) atoms. The zero-order valence-electron chi connectivity index (χ0n) is 12.0. The highest BCUT2D eigenvalue weighted by Crippen LogP contribution is 2.15. The van der Waals surface area contributed by atoms with Gasteiger partial charge in [0.25, 0.3) is 0 Å². The minimum Gasteiger partial charge on any atom is -0.465 e. The third-order valence-electron chi connectivity index (χ3n) is 3.51. The molecule has 3 aromatic rings. The van der Waals surface area contributed by atoms with Gasteiger partial charge in [0.05, 0.1) is 6.54 Å². The van der Waals surface area contributed by atoms with Gasteiger partial charge in [0.2, 0.25) is 5.91 Å². The molecule has 2 N–H and O–H groups in total. The first-order valence-electron chi connectivity index (χ1n) is 7.09. The average molecular weight is 282 g/mol. The van der Waals surface area contributed by atoms with Crippen molar-refractivity contribution in [2.75, 3.05) is 0 Å². The van der Waals surface area contributed by atoms with Crippen molar-refractivity contribution in [3.63, 3.8) is 0 Å². The molecule has 0 saturated carbocycles. The normalized spacial score (nSPS) is 10.9. The predicted molar refractivity (Wildman–Crippen MR) is 81.9 cm³/mol. The van der Waals surface area contributed by atoms with Crippen molar-refractivity contribution < 1.29 is 9.21 Å². The topological polar surface area (TPSA) is 58.0 Å². The number of hydrogen-bond donors (Lipinski definition) is 2. The molecule has 2 heterocycles. The summed E-state index contributed by atoms with van der Waals surface area (Å²) in [6, 6.07) is 12.0. The maximum absolute atomic E-state index is 11.9. The van der Waals surface area contributed by atoms with E-state index in [4.69, 9.17) is 4.42 Å². The van der Waals surface area contributed by atoms with Gasteiger partial charge in [0.1, 0.15) is 11.5 Å². The molecule has 4 heteroatoms. The first kappa shape index (κ1) is 13.5. The lowest BCUT2D eigenvalue weighted by atomic mass is 10.1. The van der Waals surface area contributed by atoms with Crippen LogP contribution in [0.2, 0.25) is 0 Å². The fourth-order valence-corrected chi connectivity index (χ4v) is 2.37. The third kappa shape index (κ3) is 3.34. The van der Waals surface area contributed by atoms with Gasteiger partial charge in [-0.3, -0.25) is 4.79 Å². The van der Waals surface area contributed by atoms with E-state index in [1.54, 1.807) is 0 Å². The van der Waals surface area contributed by atoms with Gasteiger partial charge >= 0.3 is 0 Å². The van der Waals surface area contributed by atoms with Crippen LogP contribution in [-0.2, 0) is 17.8 Å². The number of hydrogen-bond acceptors (Lipinski definition) is 2. The van der Waals surface area contributed by atoms with E-state index in [-0.39, 0.29) is 5.91 Å². The highest BCUT2D eigenvalue weighted by molar-refractivity contribution is 5.80. The summed E-state index contributed by atoms with van der Waals surface area (Å²) < 4.78 is 5.42. The molecule has 108 valence electrons. The second-order valence-electron chi connectivity index (χ2n) is 5.19. The molecule has 2 aromatic heterocycles. The number of fused-ring (bicyclic) bond motifs is 1. The van der Waals surface area contributed by atoms with Crippen molar-refractivity contribution in [2.24, 2.45) is 0 Å². The van der Waals surface area contributed by atoms with Gasteiger partial charge in [-0.05, 0) is 54.6 Å². The van der Waals surface area contributed by atoms with E-state index >= 15 is 0 Å². The van der Waals surface area contributed by atoms with Crippen LogP contribution in [0.15, 0.2) is 47.0 Å². The Kier molecular flexibility index (Phi) is 3.77. The molecule has 0 atom stereocenters. The van der Waals surface area contributed by atoms with Crippen LogP contribution in [0.25, 0.3) is 10.9 Å². The Morgan fingerprint density at radius 1 is 1.24 bits per heavy atom. The second-order valence-corrected chi connectivity index (χ2v) is 5.19. The lowest BCUT2D eigenvalue weighted by Crippen LogP contribution is -2.22. The Balaban J connectivity index is 1.50. The van der Waals surface area contributed by atoms with Gasteiger partial charge in [-0.2, -0.15) is 0 Å². The van der Waals surface area contributed by atoms with Gasteiger partial charge in [0.15, 0.2) is 0 Å². The first-order valence-corrected chi connectivity index (χ1v) is 7.09. The lowest BCUT2D eigenvalue weighted by Gasteiger charge is -2.04. The Morgan fingerprint density at radius 3 is 2.95 bits per heavy atom. The summed E-state index contributed by atoms with van der Waals surface area (Å²) in [6.07, 6.45) is 3.15. The molecule has 0 radical (unpaired) electrons. The Morgan fingerprint density at radius 2 is 2.14 bits per heavy atom. The summed E-state index contributed by atoms with van der Waals surface area (Å²) in [4.78, 5) is 15.0. The molecule has 1 amide bonds. The number of aryl methyl sites for hydroxylation is 2. The maximum atomic E-state index is 11.9. The highest BCUT2D eigenvalue weighted by atomic mass is 16.3. The summed E-state index contributed by atoms with van der Waals surface area (Å²) in [5.74, 6) is 1.69. The molecule has 1 aromatic carbocycles. The lowest BCUT2D eigenvalue weighted by molar-refractivity contribution is -0.121. The van der Waals surface area contributed by atoms with E-state index in [1.807, 2.05) is 37.4 Å². The zero-order valence-corrected chi connectivity index (χ0v) is 12.0. The van der Waals surface area contributed by atoms with Crippen molar-refractivity contribution in [1.82, 2.24) is 10.3 Å². The maximum Gasteiger partial charge on any atom is 0.220 e. The number of benzene rings is 1. The quantitative estimate of drug-likeness (QED) is 0.754. The van der Waals surface area contributed by atoms with E-state index in [0.717, 1.165) is 23.5 Å². The van der Waals surface area contributed by atoms with Crippen LogP contribution in [0, 0.1) is 6.92 Å². The number of amides is 1. The van der Waals surface area contributed by atoms with E-state index in [1.165, 1.54) is 10.9 Å². The fourth-order valence-electron chi connectivity index (χ4n) is 2.37. The monoisotopic (exact) mass is 282 g/mol. The van der Waals surface area contributed by atoms with E-state index in [2.05, 4.69) is 22.4 Å². The molecule has 0 spiro atoms. The first-order chi connectivity index (χ1) is 10.2. The number of nitrogens with one attached hydrogen (secondary N) is 2. The molecule has 0 aliphatic heterocycles. The van der Waals surface area contributed by atoms with Crippen molar-refractivity contribution in [3.05, 3.63) is 59.7 Å². The minimum atomic E-state index is 0.0400. The van der Waals surface area contributed by atoms with Crippen molar-refractivity contribution >= 4 is 16.8 Å². The molecule has 3 rings (SSSR count). The van der Waals surface area contributed by atoms with Gasteiger partial charge in [-0.15, -0.1) is 0 Å². The summed E-state index contributed by atoms with van der Waals surface area (Å²) in [7, 11) is 0. The number of aromatic nitrogens is 1. The minimum absolute atomic E-state index is 0.0400. The Bertz CT molecular complexity index is 755. The number of rotatable bonds is 5. The second kappa shape index (κ2) is 5.87. The SMILES string of the molecule is Cc1ccc(CNC(=O)CCc2ccc3[nH]ccc3c2)o1. The van der Waals surface area contributed by atoms with Crippen molar-refractivity contribution in [3.8, 4) is 0 Å². The average Bonchev–Trinajstić information content (AvgIpc) is 3.10. The Hall–Kier alpha value is -2.49. The fraction of sp³-hybridized carbons (Fsp3) is 0.235. The summed E-state index contributed by atoms with van der Waals surface area (Å²) in [5.41, 5.74) is 2.29. The molecule has 0 aliphatic carbocycles. The van der Waals surface area contributed by atoms with Crippen LogP contribution in [0.5, 0.6) is 0 Å². The van der Waals surface area contributed by atoms with Crippen molar-refractivity contribution in [1.29, 1.82) is 0 Å². The standard InChI is InChI=1S/C17H18N2O2/c1-12-2-5-15(21-12)11-19-17(20)7-4-13-3-6-16-14(10-13)8-9-18-16/h2-3,5-6,8-10,18H,4,7,11H2,1H3,(H,19,20). The number of furan rings is 1. The largest absolute Gasteiger partial charge is 0.465 e. The molecule has 0 bridgehead atoms. The smallest absolute Gasteiger partial charge is 0.220 e. The molecular weight excluding hydrogens is 264 g/mol. The number of aromatic amines is 1. The zero-order chi connectivity index (χ0) is 14.7. The summed E-state index contributed by atoms with van der Waals surface area (Å²) in [6.45, 7) is 2.34. The number of carbonyl (C=O) groups excluding carboxylic acids is 1. The third-order valence-corrected chi connectivity index (χ3v) is 3.51. The van der Waals surface area contributed by atoms with Crippen LogP contribution in [0.4, 0.5) is 0 Å². The van der Waals surface area contributed by atoms with Crippen LogP contribution < -0.4 is 5.32 Å². The summed E-state index contributed by atoms with van der Waals surface area (Å²) >= 11 is 0. The molecule has 0 saturated heterocycles. The Labute approximate surface area is 123 Å². The van der Waals surface area contributed by atoms with Gasteiger partial charge in [0, 0.05) is 18.1 Å². The number of H-pyrrole nitrogens is 1. The molecule has 4 nitrogen and oxygen atoms in total. The van der Waals surface area contributed by atoms with Crippen LogP contribution in [-0.4, -0.2) is 10.9 Å². The van der Waals surface area contributed by atoms with Gasteiger partial charge in [-0.1, -0.05) is 6.07 Å². The van der Waals surface area contributed by atoms with Crippen molar-refractivity contribution in [2.45, 2.75) is 26.3 Å². The molecular formula is C17H18N2O2. The van der Waals surface area contributed by atoms with Crippen LogP contribution in [0.1, 0.15) is 23.5 Å². The van der Waals surface area contributed by atoms with Gasteiger partial charge < -0.3 is 14.7 Å². The summed E-state index contributed by atoms with van der Waals surface area (Å²) in [5, 5.41) is 4.06.